The van der Waals surface area contributed by atoms with Crippen LogP contribution in [-0.4, -0.2) is 36.0 Å². The minimum atomic E-state index is -0.392. The number of hydrogen-bond acceptors (Lipinski definition) is 4. The highest BCUT2D eigenvalue weighted by Crippen LogP contribution is 2.29. The molecule has 1 atom stereocenters. The van der Waals surface area contributed by atoms with Crippen molar-refractivity contribution in [3.63, 3.8) is 0 Å². The number of nitrogens with one attached hydrogen (secondary N) is 1. The molecule has 2 rings (SSSR count). The first kappa shape index (κ1) is 12.1. The minimum Gasteiger partial charge on any atom is -0.375 e. The van der Waals surface area contributed by atoms with Crippen molar-refractivity contribution in [2.24, 2.45) is 0 Å². The average molecular weight is 256 g/mol. The molecule has 1 aromatic carbocycles. The van der Waals surface area contributed by atoms with Crippen molar-refractivity contribution in [2.75, 3.05) is 25.5 Å². The highest BCUT2D eigenvalue weighted by molar-refractivity contribution is 6.31. The Kier molecular flexibility index (Phi) is 3.49. The molecule has 0 radical (unpaired) electrons. The zero-order chi connectivity index (χ0) is 12.4. The molecule has 17 heavy (non-hydrogen) atoms. The Balaban J connectivity index is 2.19. The van der Waals surface area contributed by atoms with Crippen LogP contribution in [0.5, 0.6) is 0 Å². The van der Waals surface area contributed by atoms with Crippen molar-refractivity contribution in [3.05, 3.63) is 33.3 Å². The monoisotopic (exact) mass is 255 g/mol. The number of halogens is 1. The van der Waals surface area contributed by atoms with Crippen molar-refractivity contribution in [2.45, 2.75) is 12.5 Å². The molecule has 92 valence electrons. The molecule has 1 unspecified atom stereocenters. The summed E-state index contributed by atoms with van der Waals surface area (Å²) < 4.78 is 0. The van der Waals surface area contributed by atoms with Crippen molar-refractivity contribution in [1.82, 2.24) is 4.90 Å². The van der Waals surface area contributed by atoms with Crippen LogP contribution in [0, 0.1) is 10.1 Å². The van der Waals surface area contributed by atoms with Gasteiger partial charge in [0.25, 0.3) is 5.69 Å². The molecule has 0 amide bonds. The Morgan fingerprint density at radius 1 is 1.59 bits per heavy atom. The number of nitro groups is 1. The van der Waals surface area contributed by atoms with Gasteiger partial charge in [-0.15, -0.1) is 0 Å². The highest BCUT2D eigenvalue weighted by atomic mass is 35.5. The minimum absolute atomic E-state index is 0.0731. The van der Waals surface area contributed by atoms with Gasteiger partial charge in [-0.2, -0.15) is 0 Å². The van der Waals surface area contributed by atoms with Gasteiger partial charge in [0.1, 0.15) is 5.69 Å². The molecule has 0 saturated carbocycles. The van der Waals surface area contributed by atoms with E-state index in [0.717, 1.165) is 19.5 Å². The maximum absolute atomic E-state index is 10.9. The van der Waals surface area contributed by atoms with Crippen LogP contribution in [0.3, 0.4) is 0 Å². The van der Waals surface area contributed by atoms with Gasteiger partial charge in [0.15, 0.2) is 0 Å². The third-order valence-corrected chi connectivity index (χ3v) is 3.14. The van der Waals surface area contributed by atoms with E-state index in [-0.39, 0.29) is 11.7 Å². The van der Waals surface area contributed by atoms with E-state index in [2.05, 4.69) is 10.2 Å². The van der Waals surface area contributed by atoms with Gasteiger partial charge in [-0.3, -0.25) is 10.1 Å². The van der Waals surface area contributed by atoms with E-state index in [4.69, 9.17) is 11.6 Å². The first-order valence-corrected chi connectivity index (χ1v) is 5.83. The third kappa shape index (κ3) is 2.87. The Labute approximate surface area is 105 Å². The molecule has 0 aliphatic carbocycles. The summed E-state index contributed by atoms with van der Waals surface area (Å²) in [5, 5.41) is 14.6. The number of nitro benzene ring substituents is 1. The van der Waals surface area contributed by atoms with Gasteiger partial charge in [0.05, 0.1) is 4.92 Å². The van der Waals surface area contributed by atoms with E-state index in [1.54, 1.807) is 6.07 Å². The van der Waals surface area contributed by atoms with Crippen molar-refractivity contribution < 1.29 is 4.92 Å². The largest absolute Gasteiger partial charge is 0.375 e. The van der Waals surface area contributed by atoms with Crippen molar-refractivity contribution in [3.8, 4) is 0 Å². The zero-order valence-corrected chi connectivity index (χ0v) is 10.3. The second-order valence-corrected chi connectivity index (χ2v) is 4.75. The van der Waals surface area contributed by atoms with Crippen molar-refractivity contribution in [1.29, 1.82) is 0 Å². The number of rotatable bonds is 3. The Morgan fingerprint density at radius 2 is 2.35 bits per heavy atom. The van der Waals surface area contributed by atoms with Gasteiger partial charge in [-0.1, -0.05) is 11.6 Å². The molecule has 1 fully saturated rings. The fourth-order valence-electron chi connectivity index (χ4n) is 2.06. The van der Waals surface area contributed by atoms with E-state index < -0.39 is 4.92 Å². The third-order valence-electron chi connectivity index (χ3n) is 2.91. The summed E-state index contributed by atoms with van der Waals surface area (Å²) in [7, 11) is 2.04. The van der Waals surface area contributed by atoms with Gasteiger partial charge < -0.3 is 10.2 Å². The lowest BCUT2D eigenvalue weighted by Gasteiger charge is -2.14. The summed E-state index contributed by atoms with van der Waals surface area (Å²) in [4.78, 5) is 12.7. The van der Waals surface area contributed by atoms with E-state index >= 15 is 0 Å². The molecular formula is C11H14ClN3O2. The SMILES string of the molecule is CN1CCC(Nc2cc(Cl)ccc2[N+](=O)[O-])C1. The zero-order valence-electron chi connectivity index (χ0n) is 9.52. The van der Waals surface area contributed by atoms with Crippen molar-refractivity contribution >= 4 is 23.0 Å². The quantitative estimate of drug-likeness (QED) is 0.665. The lowest BCUT2D eigenvalue weighted by Crippen LogP contribution is -2.23. The van der Waals surface area contributed by atoms with Gasteiger partial charge in [-0.05, 0) is 32.1 Å². The predicted molar refractivity (Wildman–Crippen MR) is 67.6 cm³/mol. The predicted octanol–water partition coefficient (Wildman–Crippen LogP) is 2.36. The summed E-state index contributed by atoms with van der Waals surface area (Å²) in [6.45, 7) is 1.90. The van der Waals surface area contributed by atoms with Crippen LogP contribution >= 0.6 is 11.6 Å². The topological polar surface area (TPSA) is 58.4 Å². The number of likely N-dealkylation sites (tertiary alicyclic amines) is 1. The summed E-state index contributed by atoms with van der Waals surface area (Å²) in [5.41, 5.74) is 0.576. The number of hydrogen-bond donors (Lipinski definition) is 1. The van der Waals surface area contributed by atoms with Crippen LogP contribution in [0.1, 0.15) is 6.42 Å². The fourth-order valence-corrected chi connectivity index (χ4v) is 2.23. The van der Waals surface area contributed by atoms with Crippen LogP contribution in [0.15, 0.2) is 18.2 Å². The van der Waals surface area contributed by atoms with E-state index in [0.29, 0.717) is 10.7 Å². The summed E-state index contributed by atoms with van der Waals surface area (Å²) in [6, 6.07) is 4.82. The Morgan fingerprint density at radius 3 is 2.94 bits per heavy atom. The number of benzene rings is 1. The van der Waals surface area contributed by atoms with Crippen LogP contribution in [0.2, 0.25) is 5.02 Å². The molecule has 0 bridgehead atoms. The molecule has 0 aromatic heterocycles. The van der Waals surface area contributed by atoms with E-state index in [1.807, 2.05) is 7.05 Å². The molecule has 6 heteroatoms. The standard InChI is InChI=1S/C11H14ClN3O2/c1-14-5-4-9(7-14)13-10-6-8(12)2-3-11(10)15(16)17/h2-3,6,9,13H,4-5,7H2,1H3. The van der Waals surface area contributed by atoms with Gasteiger partial charge in [0, 0.05) is 23.7 Å². The maximum atomic E-state index is 10.9. The van der Waals surface area contributed by atoms with Crippen LogP contribution in [0.4, 0.5) is 11.4 Å². The number of nitrogens with zero attached hydrogens (tertiary/aromatic N) is 2. The van der Waals surface area contributed by atoms with Crippen LogP contribution in [0.25, 0.3) is 0 Å². The van der Waals surface area contributed by atoms with Crippen LogP contribution < -0.4 is 5.32 Å². The molecule has 1 heterocycles. The molecule has 1 saturated heterocycles. The lowest BCUT2D eigenvalue weighted by atomic mass is 10.2. The number of likely N-dealkylation sites (N-methyl/N-ethyl adjacent to an activating group) is 1. The van der Waals surface area contributed by atoms with Crippen LogP contribution in [-0.2, 0) is 0 Å². The summed E-state index contributed by atoms with van der Waals surface area (Å²) >= 11 is 5.86. The van der Waals surface area contributed by atoms with Gasteiger partial charge in [-0.25, -0.2) is 0 Å². The highest BCUT2D eigenvalue weighted by Gasteiger charge is 2.22. The molecule has 5 nitrogen and oxygen atoms in total. The van der Waals surface area contributed by atoms with Gasteiger partial charge >= 0.3 is 0 Å². The molecule has 1 aliphatic rings. The normalized spacial score (nSPS) is 20.5. The number of anilines is 1. The van der Waals surface area contributed by atoms with E-state index in [9.17, 15) is 10.1 Å². The Bertz CT molecular complexity index is 439. The second-order valence-electron chi connectivity index (χ2n) is 4.31. The first-order chi connectivity index (χ1) is 8.06. The molecule has 1 N–H and O–H groups in total. The molecular weight excluding hydrogens is 242 g/mol. The Hall–Kier alpha value is -1.33. The first-order valence-electron chi connectivity index (χ1n) is 5.45. The summed E-state index contributed by atoms with van der Waals surface area (Å²) in [6.07, 6.45) is 0.986. The average Bonchev–Trinajstić information content (AvgIpc) is 2.63. The molecule has 0 spiro atoms. The lowest BCUT2D eigenvalue weighted by molar-refractivity contribution is -0.384. The molecule has 1 aromatic rings. The fraction of sp³-hybridized carbons (Fsp3) is 0.455. The maximum Gasteiger partial charge on any atom is 0.292 e. The van der Waals surface area contributed by atoms with Gasteiger partial charge in [0.2, 0.25) is 0 Å². The summed E-state index contributed by atoms with van der Waals surface area (Å²) in [5.74, 6) is 0. The van der Waals surface area contributed by atoms with E-state index in [1.165, 1.54) is 12.1 Å². The smallest absolute Gasteiger partial charge is 0.292 e. The molecule has 1 aliphatic heterocycles. The second kappa shape index (κ2) is 4.89.